The van der Waals surface area contributed by atoms with Gasteiger partial charge in [0, 0.05) is 12.0 Å². The molecule has 0 heterocycles. The van der Waals surface area contributed by atoms with Crippen molar-refractivity contribution in [1.82, 2.24) is 0 Å². The fraction of sp³-hybridized carbons (Fsp3) is 0.360. The third-order valence-corrected chi connectivity index (χ3v) is 5.38. The van der Waals surface area contributed by atoms with Gasteiger partial charge in [0.2, 0.25) is 0 Å². The molecule has 0 spiro atoms. The summed E-state index contributed by atoms with van der Waals surface area (Å²) in [6.07, 6.45) is 9.19. The number of hydrogen-bond donors (Lipinski definition) is 0. The van der Waals surface area contributed by atoms with Gasteiger partial charge in [-0.25, -0.2) is 13.2 Å². The van der Waals surface area contributed by atoms with Crippen LogP contribution in [0.3, 0.4) is 0 Å². The van der Waals surface area contributed by atoms with Crippen LogP contribution in [0.2, 0.25) is 0 Å². The van der Waals surface area contributed by atoms with Gasteiger partial charge in [-0.05, 0) is 53.8 Å². The van der Waals surface area contributed by atoms with Crippen LogP contribution in [0.4, 0.5) is 13.2 Å². The Labute approximate surface area is 165 Å². The Bertz CT molecular complexity index is 866. The molecule has 0 aromatic heterocycles. The molecule has 148 valence electrons. The van der Waals surface area contributed by atoms with E-state index in [2.05, 4.69) is 6.92 Å². The van der Waals surface area contributed by atoms with Crippen LogP contribution in [0.1, 0.15) is 62.1 Å². The van der Waals surface area contributed by atoms with E-state index in [1.54, 1.807) is 12.1 Å². The summed E-state index contributed by atoms with van der Waals surface area (Å²) in [7, 11) is 0. The molecule has 0 bridgehead atoms. The lowest BCUT2D eigenvalue weighted by atomic mass is 9.78. The molecule has 0 fully saturated rings. The van der Waals surface area contributed by atoms with Gasteiger partial charge in [0.15, 0.2) is 5.67 Å². The van der Waals surface area contributed by atoms with Crippen molar-refractivity contribution in [3.8, 4) is 0 Å². The maximum atomic E-state index is 16.1. The summed E-state index contributed by atoms with van der Waals surface area (Å²) >= 11 is 0. The number of benzene rings is 2. The number of aryl methyl sites for hydroxylation is 1. The Morgan fingerprint density at radius 1 is 0.929 bits per heavy atom. The van der Waals surface area contributed by atoms with Gasteiger partial charge >= 0.3 is 0 Å². The van der Waals surface area contributed by atoms with Gasteiger partial charge in [0.25, 0.3) is 0 Å². The molecule has 0 saturated heterocycles. The SMILES string of the molecule is CCCCCCCc1cccc(C2=CC(F)=CCC2(F)c2cccc(F)c2)c1. The van der Waals surface area contributed by atoms with Gasteiger partial charge in [-0.3, -0.25) is 0 Å². The lowest BCUT2D eigenvalue weighted by Gasteiger charge is -2.31. The highest BCUT2D eigenvalue weighted by molar-refractivity contribution is 5.77. The van der Waals surface area contributed by atoms with E-state index in [0.29, 0.717) is 5.56 Å². The van der Waals surface area contributed by atoms with Crippen molar-refractivity contribution >= 4 is 5.57 Å². The average molecular weight is 384 g/mol. The minimum Gasteiger partial charge on any atom is -0.233 e. The molecule has 0 amide bonds. The van der Waals surface area contributed by atoms with Crippen molar-refractivity contribution in [2.45, 2.75) is 57.5 Å². The number of hydrogen-bond acceptors (Lipinski definition) is 0. The first kappa shape index (κ1) is 20.4. The van der Waals surface area contributed by atoms with E-state index in [-0.39, 0.29) is 17.6 Å². The Hall–Kier alpha value is -2.29. The van der Waals surface area contributed by atoms with Crippen molar-refractivity contribution in [3.63, 3.8) is 0 Å². The molecular formula is C25H27F3. The second-order valence-corrected chi connectivity index (χ2v) is 7.53. The molecule has 0 saturated carbocycles. The Morgan fingerprint density at radius 2 is 1.71 bits per heavy atom. The summed E-state index contributed by atoms with van der Waals surface area (Å²) in [6, 6.07) is 13.2. The predicted molar refractivity (Wildman–Crippen MR) is 110 cm³/mol. The van der Waals surface area contributed by atoms with E-state index < -0.39 is 17.3 Å². The Morgan fingerprint density at radius 3 is 2.50 bits per heavy atom. The number of unbranched alkanes of at least 4 members (excludes halogenated alkanes) is 4. The molecule has 1 aliphatic carbocycles. The highest BCUT2D eigenvalue weighted by Crippen LogP contribution is 2.46. The molecule has 0 radical (unpaired) electrons. The normalized spacial score (nSPS) is 19.3. The molecule has 2 aromatic rings. The second-order valence-electron chi connectivity index (χ2n) is 7.53. The molecule has 0 nitrogen and oxygen atoms in total. The second kappa shape index (κ2) is 9.27. The molecule has 0 aliphatic heterocycles. The summed E-state index contributed by atoms with van der Waals surface area (Å²) in [5.41, 5.74) is 0.295. The van der Waals surface area contributed by atoms with E-state index >= 15 is 4.39 Å². The minimum absolute atomic E-state index is 0.143. The first-order valence-electron chi connectivity index (χ1n) is 10.1. The highest BCUT2D eigenvalue weighted by atomic mass is 19.1. The van der Waals surface area contributed by atoms with Gasteiger partial charge < -0.3 is 0 Å². The summed E-state index contributed by atoms with van der Waals surface area (Å²) in [5, 5.41) is 0. The smallest absolute Gasteiger partial charge is 0.165 e. The zero-order chi connectivity index (χ0) is 20.0. The molecule has 28 heavy (non-hydrogen) atoms. The van der Waals surface area contributed by atoms with Crippen molar-refractivity contribution in [2.75, 3.05) is 0 Å². The Kier molecular flexibility index (Phi) is 6.77. The van der Waals surface area contributed by atoms with Gasteiger partial charge in [0.05, 0.1) is 0 Å². The van der Waals surface area contributed by atoms with Gasteiger partial charge in [-0.15, -0.1) is 0 Å². The average Bonchev–Trinajstić information content (AvgIpc) is 2.70. The lowest BCUT2D eigenvalue weighted by molar-refractivity contribution is 0.246. The Balaban J connectivity index is 1.87. The van der Waals surface area contributed by atoms with E-state index in [4.69, 9.17) is 0 Å². The molecule has 0 N–H and O–H groups in total. The fourth-order valence-electron chi connectivity index (χ4n) is 3.81. The zero-order valence-electron chi connectivity index (χ0n) is 16.4. The number of halogens is 3. The molecule has 2 aromatic carbocycles. The molecule has 1 aliphatic rings. The third kappa shape index (κ3) is 4.76. The maximum absolute atomic E-state index is 16.1. The summed E-state index contributed by atoms with van der Waals surface area (Å²) in [5.74, 6) is -0.950. The van der Waals surface area contributed by atoms with Crippen LogP contribution in [-0.4, -0.2) is 0 Å². The van der Waals surface area contributed by atoms with Crippen LogP contribution in [0, 0.1) is 5.82 Å². The largest absolute Gasteiger partial charge is 0.233 e. The lowest BCUT2D eigenvalue weighted by Crippen LogP contribution is -2.24. The monoisotopic (exact) mass is 384 g/mol. The van der Waals surface area contributed by atoms with E-state index in [0.717, 1.165) is 18.4 Å². The molecule has 3 heteroatoms. The number of alkyl halides is 1. The molecular weight excluding hydrogens is 357 g/mol. The summed E-state index contributed by atoms with van der Waals surface area (Å²) < 4.78 is 43.8. The number of allylic oxidation sites excluding steroid dienone is 4. The van der Waals surface area contributed by atoms with E-state index in [1.165, 1.54) is 56.0 Å². The van der Waals surface area contributed by atoms with Crippen molar-refractivity contribution in [2.24, 2.45) is 0 Å². The van der Waals surface area contributed by atoms with Gasteiger partial charge in [-0.2, -0.15) is 0 Å². The van der Waals surface area contributed by atoms with Crippen LogP contribution in [0.5, 0.6) is 0 Å². The summed E-state index contributed by atoms with van der Waals surface area (Å²) in [4.78, 5) is 0. The van der Waals surface area contributed by atoms with Crippen LogP contribution in [0.25, 0.3) is 5.57 Å². The minimum atomic E-state index is -1.95. The molecule has 3 rings (SSSR count). The van der Waals surface area contributed by atoms with Crippen molar-refractivity contribution < 1.29 is 13.2 Å². The first-order valence-corrected chi connectivity index (χ1v) is 10.1. The van der Waals surface area contributed by atoms with E-state index in [1.807, 2.05) is 18.2 Å². The topological polar surface area (TPSA) is 0 Å². The number of rotatable bonds is 8. The standard InChI is InChI=1S/C25H27F3/c1-2-3-4-5-6-9-19-10-7-11-20(16-19)24-18-23(27)14-15-25(24,28)21-12-8-13-22(26)17-21/h7-8,10-14,16-18H,2-6,9,15H2,1H3. The van der Waals surface area contributed by atoms with E-state index in [9.17, 15) is 8.78 Å². The maximum Gasteiger partial charge on any atom is 0.165 e. The molecule has 1 atom stereocenters. The highest BCUT2D eigenvalue weighted by Gasteiger charge is 2.39. The van der Waals surface area contributed by atoms with Crippen LogP contribution in [-0.2, 0) is 12.1 Å². The van der Waals surface area contributed by atoms with Crippen molar-refractivity contribution in [3.05, 3.63) is 89.0 Å². The van der Waals surface area contributed by atoms with Crippen LogP contribution >= 0.6 is 0 Å². The fourth-order valence-corrected chi connectivity index (χ4v) is 3.81. The third-order valence-electron chi connectivity index (χ3n) is 5.38. The quantitative estimate of drug-likeness (QED) is 0.407. The van der Waals surface area contributed by atoms with Crippen molar-refractivity contribution in [1.29, 1.82) is 0 Å². The van der Waals surface area contributed by atoms with Gasteiger partial charge in [-0.1, -0.05) is 69.0 Å². The molecule has 1 unspecified atom stereocenters. The van der Waals surface area contributed by atoms with Crippen LogP contribution < -0.4 is 0 Å². The zero-order valence-corrected chi connectivity index (χ0v) is 16.4. The predicted octanol–water partition coefficient (Wildman–Crippen LogP) is 7.84. The van der Waals surface area contributed by atoms with Crippen LogP contribution in [0.15, 0.2) is 66.5 Å². The first-order chi connectivity index (χ1) is 13.5. The van der Waals surface area contributed by atoms with Gasteiger partial charge in [0.1, 0.15) is 11.6 Å². The summed E-state index contributed by atoms with van der Waals surface area (Å²) in [6.45, 7) is 2.19.